The van der Waals surface area contributed by atoms with Crippen molar-refractivity contribution in [2.45, 2.75) is 46.5 Å². The van der Waals surface area contributed by atoms with Crippen molar-refractivity contribution >= 4 is 5.78 Å². The summed E-state index contributed by atoms with van der Waals surface area (Å²) in [6.45, 7) is 6.29. The lowest BCUT2D eigenvalue weighted by Crippen LogP contribution is -2.21. The van der Waals surface area contributed by atoms with E-state index in [4.69, 9.17) is 4.74 Å². The first-order valence-electron chi connectivity index (χ1n) is 7.22. The van der Waals surface area contributed by atoms with Crippen LogP contribution in [0.25, 0.3) is 0 Å². The van der Waals surface area contributed by atoms with Crippen molar-refractivity contribution in [3.05, 3.63) is 28.8 Å². The molecule has 0 aliphatic heterocycles. The number of rotatable bonds is 3. The lowest BCUT2D eigenvalue weighted by Gasteiger charge is -2.25. The summed E-state index contributed by atoms with van der Waals surface area (Å²) in [4.78, 5) is 12.6. The SMILES string of the molecule is COc1c(C)cc(C(=O)C2CCC(C)CC2)cc1C. The molecule has 1 saturated carbocycles. The van der Waals surface area contributed by atoms with Crippen LogP contribution in [-0.4, -0.2) is 12.9 Å². The van der Waals surface area contributed by atoms with Gasteiger partial charge in [-0.05, 0) is 55.9 Å². The third-order valence-corrected chi connectivity index (χ3v) is 4.34. The minimum atomic E-state index is 0.225. The molecule has 0 aromatic heterocycles. The van der Waals surface area contributed by atoms with E-state index >= 15 is 0 Å². The van der Waals surface area contributed by atoms with E-state index in [0.717, 1.165) is 41.2 Å². The molecule has 0 spiro atoms. The zero-order valence-corrected chi connectivity index (χ0v) is 12.5. The predicted octanol–water partition coefficient (Wildman–Crippen LogP) is 4.32. The summed E-state index contributed by atoms with van der Waals surface area (Å²) in [6.07, 6.45) is 4.46. The van der Waals surface area contributed by atoms with Crippen molar-refractivity contribution in [3.8, 4) is 5.75 Å². The molecule has 0 heterocycles. The molecular formula is C17H24O2. The van der Waals surface area contributed by atoms with Gasteiger partial charge in [-0.15, -0.1) is 0 Å². The van der Waals surface area contributed by atoms with Crippen LogP contribution in [-0.2, 0) is 0 Å². The predicted molar refractivity (Wildman–Crippen MR) is 77.9 cm³/mol. The van der Waals surface area contributed by atoms with E-state index in [-0.39, 0.29) is 5.92 Å². The lowest BCUT2D eigenvalue weighted by molar-refractivity contribution is 0.0875. The van der Waals surface area contributed by atoms with Gasteiger partial charge in [0.1, 0.15) is 5.75 Å². The Balaban J connectivity index is 2.20. The normalized spacial score (nSPS) is 23.2. The van der Waals surface area contributed by atoms with Crippen LogP contribution in [0.1, 0.15) is 54.1 Å². The molecule has 2 heteroatoms. The number of carbonyl (C=O) groups is 1. The topological polar surface area (TPSA) is 26.3 Å². The van der Waals surface area contributed by atoms with E-state index in [0.29, 0.717) is 5.78 Å². The minimum Gasteiger partial charge on any atom is -0.496 e. The maximum atomic E-state index is 12.6. The number of Topliss-reactive ketones (excluding diaryl/α,β-unsaturated/α-hetero) is 1. The van der Waals surface area contributed by atoms with Gasteiger partial charge >= 0.3 is 0 Å². The second-order valence-corrected chi connectivity index (χ2v) is 5.96. The van der Waals surface area contributed by atoms with Crippen LogP contribution in [0.3, 0.4) is 0 Å². The molecule has 2 rings (SSSR count). The molecule has 0 saturated heterocycles. The number of hydrogen-bond donors (Lipinski definition) is 0. The first-order valence-corrected chi connectivity index (χ1v) is 7.22. The van der Waals surface area contributed by atoms with Gasteiger partial charge in [-0.1, -0.05) is 19.8 Å². The van der Waals surface area contributed by atoms with Crippen LogP contribution >= 0.6 is 0 Å². The first-order chi connectivity index (χ1) is 9.02. The van der Waals surface area contributed by atoms with Crippen LogP contribution in [0.5, 0.6) is 5.75 Å². The average molecular weight is 260 g/mol. The monoisotopic (exact) mass is 260 g/mol. The van der Waals surface area contributed by atoms with Gasteiger partial charge in [0.2, 0.25) is 0 Å². The van der Waals surface area contributed by atoms with E-state index in [1.165, 1.54) is 12.8 Å². The summed E-state index contributed by atoms with van der Waals surface area (Å²) in [5.74, 6) is 2.22. The Kier molecular flexibility index (Phi) is 4.28. The van der Waals surface area contributed by atoms with E-state index < -0.39 is 0 Å². The molecule has 1 aliphatic rings. The molecule has 0 unspecified atom stereocenters. The molecule has 2 nitrogen and oxygen atoms in total. The quantitative estimate of drug-likeness (QED) is 0.756. The Morgan fingerprint density at radius 3 is 2.11 bits per heavy atom. The third-order valence-electron chi connectivity index (χ3n) is 4.34. The molecule has 0 bridgehead atoms. The van der Waals surface area contributed by atoms with Gasteiger partial charge in [-0.25, -0.2) is 0 Å². The Bertz CT molecular complexity index is 445. The average Bonchev–Trinajstić information content (AvgIpc) is 2.38. The highest BCUT2D eigenvalue weighted by atomic mass is 16.5. The van der Waals surface area contributed by atoms with Crippen LogP contribution in [0.2, 0.25) is 0 Å². The highest BCUT2D eigenvalue weighted by molar-refractivity contribution is 5.98. The number of benzene rings is 1. The summed E-state index contributed by atoms with van der Waals surface area (Å²) in [5, 5.41) is 0. The molecule has 1 aliphatic carbocycles. The van der Waals surface area contributed by atoms with Crippen molar-refractivity contribution in [1.29, 1.82) is 0 Å². The van der Waals surface area contributed by atoms with Crippen LogP contribution < -0.4 is 4.74 Å². The Morgan fingerprint density at radius 2 is 1.63 bits per heavy atom. The molecule has 0 N–H and O–H groups in total. The zero-order valence-electron chi connectivity index (χ0n) is 12.5. The largest absolute Gasteiger partial charge is 0.496 e. The number of ketones is 1. The fraction of sp³-hybridized carbons (Fsp3) is 0.588. The molecule has 19 heavy (non-hydrogen) atoms. The summed E-state index contributed by atoms with van der Waals surface area (Å²) in [5.41, 5.74) is 2.96. The Hall–Kier alpha value is -1.31. The van der Waals surface area contributed by atoms with E-state index in [1.807, 2.05) is 26.0 Å². The van der Waals surface area contributed by atoms with E-state index in [1.54, 1.807) is 7.11 Å². The van der Waals surface area contributed by atoms with Gasteiger partial charge in [0.05, 0.1) is 7.11 Å². The minimum absolute atomic E-state index is 0.225. The molecule has 0 amide bonds. The van der Waals surface area contributed by atoms with Crippen LogP contribution in [0.4, 0.5) is 0 Å². The van der Waals surface area contributed by atoms with Gasteiger partial charge in [0.15, 0.2) is 5.78 Å². The molecule has 104 valence electrons. The lowest BCUT2D eigenvalue weighted by atomic mass is 9.79. The van der Waals surface area contributed by atoms with Gasteiger partial charge in [-0.3, -0.25) is 4.79 Å². The van der Waals surface area contributed by atoms with Crippen LogP contribution in [0.15, 0.2) is 12.1 Å². The van der Waals surface area contributed by atoms with Gasteiger partial charge < -0.3 is 4.74 Å². The highest BCUT2D eigenvalue weighted by Crippen LogP contribution is 2.32. The number of ether oxygens (including phenoxy) is 1. The Labute approximate surface area is 116 Å². The molecule has 1 aromatic rings. The highest BCUT2D eigenvalue weighted by Gasteiger charge is 2.25. The second kappa shape index (κ2) is 5.77. The zero-order chi connectivity index (χ0) is 14.0. The summed E-state index contributed by atoms with van der Waals surface area (Å²) in [6, 6.07) is 3.96. The standard InChI is InChI=1S/C17H24O2/c1-11-5-7-14(8-6-11)16(18)15-9-12(2)17(19-4)13(3)10-15/h9-11,14H,5-8H2,1-4H3. The third kappa shape index (κ3) is 2.99. The number of methoxy groups -OCH3 is 1. The summed E-state index contributed by atoms with van der Waals surface area (Å²) >= 11 is 0. The Morgan fingerprint density at radius 1 is 1.11 bits per heavy atom. The number of hydrogen-bond acceptors (Lipinski definition) is 2. The van der Waals surface area contributed by atoms with E-state index in [2.05, 4.69) is 6.92 Å². The molecule has 1 aromatic carbocycles. The van der Waals surface area contributed by atoms with Gasteiger partial charge in [-0.2, -0.15) is 0 Å². The van der Waals surface area contributed by atoms with Crippen molar-refractivity contribution in [2.75, 3.05) is 7.11 Å². The number of carbonyl (C=O) groups excluding carboxylic acids is 1. The van der Waals surface area contributed by atoms with Gasteiger partial charge in [0, 0.05) is 11.5 Å². The summed E-state index contributed by atoms with van der Waals surface area (Å²) in [7, 11) is 1.68. The molecule has 0 radical (unpaired) electrons. The fourth-order valence-corrected chi connectivity index (χ4v) is 3.17. The molecule has 0 atom stereocenters. The summed E-state index contributed by atoms with van der Waals surface area (Å²) < 4.78 is 5.36. The maximum absolute atomic E-state index is 12.6. The van der Waals surface area contributed by atoms with Crippen molar-refractivity contribution in [3.63, 3.8) is 0 Å². The maximum Gasteiger partial charge on any atom is 0.165 e. The van der Waals surface area contributed by atoms with Crippen molar-refractivity contribution in [1.82, 2.24) is 0 Å². The number of aryl methyl sites for hydroxylation is 2. The molecule has 1 fully saturated rings. The fourth-order valence-electron chi connectivity index (χ4n) is 3.17. The van der Waals surface area contributed by atoms with Crippen molar-refractivity contribution < 1.29 is 9.53 Å². The van der Waals surface area contributed by atoms with E-state index in [9.17, 15) is 4.79 Å². The second-order valence-electron chi connectivity index (χ2n) is 5.96. The van der Waals surface area contributed by atoms with Crippen molar-refractivity contribution in [2.24, 2.45) is 11.8 Å². The van der Waals surface area contributed by atoms with Crippen LogP contribution in [0, 0.1) is 25.7 Å². The molecular weight excluding hydrogens is 236 g/mol. The first kappa shape index (κ1) is 14.1. The smallest absolute Gasteiger partial charge is 0.165 e. The van der Waals surface area contributed by atoms with Gasteiger partial charge in [0.25, 0.3) is 0 Å².